The third kappa shape index (κ3) is 2.69. The number of halogens is 2. The van der Waals surface area contributed by atoms with Crippen molar-refractivity contribution < 1.29 is 0 Å². The zero-order chi connectivity index (χ0) is 15.0. The first-order valence-electron chi connectivity index (χ1n) is 6.42. The quantitative estimate of drug-likeness (QED) is 0.670. The number of aryl methyl sites for hydroxylation is 1. The van der Waals surface area contributed by atoms with Gasteiger partial charge in [-0.15, -0.1) is 0 Å². The molecule has 0 amide bonds. The Morgan fingerprint density at radius 1 is 1.10 bits per heavy atom. The van der Waals surface area contributed by atoms with Crippen LogP contribution in [0.3, 0.4) is 0 Å². The minimum atomic E-state index is 0.476. The van der Waals surface area contributed by atoms with E-state index in [1.807, 2.05) is 30.3 Å². The molecular formula is C16H13BrClN3. The number of anilines is 1. The van der Waals surface area contributed by atoms with Crippen LogP contribution in [-0.2, 0) is 0 Å². The van der Waals surface area contributed by atoms with Gasteiger partial charge in [0.1, 0.15) is 0 Å². The second-order valence-electron chi connectivity index (χ2n) is 4.83. The molecule has 1 heterocycles. The van der Waals surface area contributed by atoms with Gasteiger partial charge >= 0.3 is 0 Å². The van der Waals surface area contributed by atoms with E-state index >= 15 is 0 Å². The van der Waals surface area contributed by atoms with Gasteiger partial charge in [-0.25, -0.2) is 0 Å². The molecule has 2 aromatic carbocycles. The molecule has 3 rings (SSSR count). The first kappa shape index (κ1) is 14.2. The van der Waals surface area contributed by atoms with Crippen LogP contribution in [0.1, 0.15) is 5.56 Å². The van der Waals surface area contributed by atoms with Gasteiger partial charge in [-0.1, -0.05) is 51.8 Å². The average Bonchev–Trinajstić information content (AvgIpc) is 2.85. The van der Waals surface area contributed by atoms with Gasteiger partial charge in [-0.3, -0.25) is 5.10 Å². The second kappa shape index (κ2) is 5.54. The lowest BCUT2D eigenvalue weighted by Crippen LogP contribution is -1.89. The number of aromatic amines is 1. The molecule has 5 heteroatoms. The molecule has 0 unspecified atom stereocenters. The molecule has 0 aliphatic rings. The molecule has 0 fully saturated rings. The van der Waals surface area contributed by atoms with Crippen LogP contribution in [0.2, 0.25) is 5.02 Å². The maximum Gasteiger partial charge on any atom is 0.153 e. The van der Waals surface area contributed by atoms with Crippen molar-refractivity contribution >= 4 is 33.3 Å². The van der Waals surface area contributed by atoms with Crippen molar-refractivity contribution in [2.45, 2.75) is 6.92 Å². The Hall–Kier alpha value is -1.78. The molecule has 0 bridgehead atoms. The van der Waals surface area contributed by atoms with E-state index in [-0.39, 0.29) is 0 Å². The van der Waals surface area contributed by atoms with Crippen LogP contribution in [-0.4, -0.2) is 10.2 Å². The third-order valence-corrected chi connectivity index (χ3v) is 4.49. The van der Waals surface area contributed by atoms with Gasteiger partial charge < -0.3 is 5.73 Å². The molecule has 0 radical (unpaired) electrons. The van der Waals surface area contributed by atoms with Crippen LogP contribution in [0.25, 0.3) is 22.4 Å². The molecule has 0 saturated carbocycles. The molecule has 1 aromatic heterocycles. The zero-order valence-corrected chi connectivity index (χ0v) is 13.7. The lowest BCUT2D eigenvalue weighted by atomic mass is 10.0. The second-order valence-corrected chi connectivity index (χ2v) is 6.12. The molecule has 0 atom stereocenters. The number of nitrogens with two attached hydrogens (primary N) is 1. The summed E-state index contributed by atoms with van der Waals surface area (Å²) in [7, 11) is 0. The Labute approximate surface area is 136 Å². The Balaban J connectivity index is 2.16. The van der Waals surface area contributed by atoms with Crippen molar-refractivity contribution in [1.82, 2.24) is 10.2 Å². The molecule has 0 aliphatic heterocycles. The number of nitrogen functional groups attached to an aromatic ring is 1. The highest BCUT2D eigenvalue weighted by molar-refractivity contribution is 9.10. The highest BCUT2D eigenvalue weighted by Crippen LogP contribution is 2.36. The Bertz CT molecular complexity index is 794. The number of nitrogens with one attached hydrogen (secondary N) is 1. The van der Waals surface area contributed by atoms with E-state index in [9.17, 15) is 0 Å². The standard InChI is InChI=1S/C16H13BrClN3/c1-9-2-3-11(8-13(9)17)15-14(16(19)21-20-15)10-4-6-12(18)7-5-10/h2-8H,1H3,(H3,19,20,21). The van der Waals surface area contributed by atoms with Crippen molar-refractivity contribution in [2.24, 2.45) is 0 Å². The van der Waals surface area contributed by atoms with E-state index in [0.717, 1.165) is 26.9 Å². The van der Waals surface area contributed by atoms with Gasteiger partial charge in [-0.05, 0) is 36.2 Å². The summed E-state index contributed by atoms with van der Waals surface area (Å²) < 4.78 is 1.05. The lowest BCUT2D eigenvalue weighted by molar-refractivity contribution is 1.10. The monoisotopic (exact) mass is 361 g/mol. The summed E-state index contributed by atoms with van der Waals surface area (Å²) in [6.07, 6.45) is 0. The first-order valence-corrected chi connectivity index (χ1v) is 7.59. The molecule has 106 valence electrons. The maximum absolute atomic E-state index is 6.03. The minimum Gasteiger partial charge on any atom is -0.382 e. The fourth-order valence-electron chi connectivity index (χ4n) is 2.22. The lowest BCUT2D eigenvalue weighted by Gasteiger charge is -2.07. The molecule has 21 heavy (non-hydrogen) atoms. The fourth-order valence-corrected chi connectivity index (χ4v) is 2.73. The minimum absolute atomic E-state index is 0.476. The average molecular weight is 363 g/mol. The maximum atomic E-state index is 6.03. The summed E-state index contributed by atoms with van der Waals surface area (Å²) >= 11 is 9.50. The number of hydrogen-bond acceptors (Lipinski definition) is 2. The number of nitrogens with zero attached hydrogens (tertiary/aromatic N) is 1. The van der Waals surface area contributed by atoms with E-state index in [4.69, 9.17) is 17.3 Å². The number of rotatable bonds is 2. The van der Waals surface area contributed by atoms with Crippen LogP contribution in [0, 0.1) is 6.92 Å². The Morgan fingerprint density at radius 2 is 1.76 bits per heavy atom. The molecular weight excluding hydrogens is 350 g/mol. The summed E-state index contributed by atoms with van der Waals surface area (Å²) in [6.45, 7) is 2.05. The zero-order valence-electron chi connectivity index (χ0n) is 11.3. The summed E-state index contributed by atoms with van der Waals surface area (Å²) in [4.78, 5) is 0. The van der Waals surface area contributed by atoms with Crippen molar-refractivity contribution in [2.75, 3.05) is 5.73 Å². The number of aromatic nitrogens is 2. The third-order valence-electron chi connectivity index (χ3n) is 3.39. The number of H-pyrrole nitrogens is 1. The van der Waals surface area contributed by atoms with Crippen LogP contribution >= 0.6 is 27.5 Å². The normalized spacial score (nSPS) is 10.8. The van der Waals surface area contributed by atoms with Gasteiger partial charge in [-0.2, -0.15) is 5.10 Å². The molecule has 0 saturated heterocycles. The fraction of sp³-hybridized carbons (Fsp3) is 0.0625. The molecule has 3 nitrogen and oxygen atoms in total. The van der Waals surface area contributed by atoms with E-state index in [0.29, 0.717) is 10.8 Å². The highest BCUT2D eigenvalue weighted by Gasteiger charge is 2.15. The molecule has 3 N–H and O–H groups in total. The van der Waals surface area contributed by atoms with Crippen LogP contribution in [0.5, 0.6) is 0 Å². The molecule has 0 aliphatic carbocycles. The smallest absolute Gasteiger partial charge is 0.153 e. The van der Waals surface area contributed by atoms with Gasteiger partial charge in [0.15, 0.2) is 5.82 Å². The van der Waals surface area contributed by atoms with Crippen molar-refractivity contribution in [3.8, 4) is 22.4 Å². The van der Waals surface area contributed by atoms with Gasteiger partial charge in [0, 0.05) is 15.1 Å². The summed E-state index contributed by atoms with van der Waals surface area (Å²) in [5.41, 5.74) is 11.0. The van der Waals surface area contributed by atoms with Crippen molar-refractivity contribution in [1.29, 1.82) is 0 Å². The van der Waals surface area contributed by atoms with Crippen LogP contribution < -0.4 is 5.73 Å². The van der Waals surface area contributed by atoms with Crippen LogP contribution in [0.15, 0.2) is 46.9 Å². The topological polar surface area (TPSA) is 54.7 Å². The highest BCUT2D eigenvalue weighted by atomic mass is 79.9. The van der Waals surface area contributed by atoms with E-state index in [2.05, 4.69) is 45.2 Å². The largest absolute Gasteiger partial charge is 0.382 e. The van der Waals surface area contributed by atoms with Gasteiger partial charge in [0.2, 0.25) is 0 Å². The number of hydrogen-bond donors (Lipinski definition) is 2. The van der Waals surface area contributed by atoms with E-state index < -0.39 is 0 Å². The summed E-state index contributed by atoms with van der Waals surface area (Å²) in [6, 6.07) is 13.7. The molecule has 3 aromatic rings. The predicted octanol–water partition coefficient (Wildman–Crippen LogP) is 5.05. The van der Waals surface area contributed by atoms with Gasteiger partial charge in [0.25, 0.3) is 0 Å². The van der Waals surface area contributed by atoms with E-state index in [1.54, 1.807) is 0 Å². The summed E-state index contributed by atoms with van der Waals surface area (Å²) in [5, 5.41) is 7.86. The first-order chi connectivity index (χ1) is 10.1. The Kier molecular flexibility index (Phi) is 3.74. The van der Waals surface area contributed by atoms with Crippen LogP contribution in [0.4, 0.5) is 5.82 Å². The SMILES string of the molecule is Cc1ccc(-c2[nH]nc(N)c2-c2ccc(Cl)cc2)cc1Br. The molecule has 0 spiro atoms. The summed E-state index contributed by atoms with van der Waals surface area (Å²) in [5.74, 6) is 0.476. The van der Waals surface area contributed by atoms with Gasteiger partial charge in [0.05, 0.1) is 11.3 Å². The van der Waals surface area contributed by atoms with Crippen molar-refractivity contribution in [3.63, 3.8) is 0 Å². The number of benzene rings is 2. The van der Waals surface area contributed by atoms with Crippen molar-refractivity contribution in [3.05, 3.63) is 57.5 Å². The van der Waals surface area contributed by atoms with E-state index in [1.165, 1.54) is 5.56 Å². The Morgan fingerprint density at radius 3 is 2.43 bits per heavy atom. The predicted molar refractivity (Wildman–Crippen MR) is 91.3 cm³/mol.